The number of aromatic nitrogens is 1. The van der Waals surface area contributed by atoms with Gasteiger partial charge in [0.25, 0.3) is 0 Å². The van der Waals surface area contributed by atoms with Gasteiger partial charge in [-0.3, -0.25) is 9.78 Å². The van der Waals surface area contributed by atoms with E-state index in [9.17, 15) is 10.1 Å². The summed E-state index contributed by atoms with van der Waals surface area (Å²) < 4.78 is 5.01. The molecular formula is C25H26N4O2. The Hall–Kier alpha value is -3.53. The predicted molar refractivity (Wildman–Crippen MR) is 123 cm³/mol. The molecule has 2 N–H and O–H groups in total. The number of nitrogens with zero attached hydrogens (tertiary/aromatic N) is 2. The number of hydrogen-bond acceptors (Lipinski definition) is 5. The molecule has 0 atom stereocenters. The van der Waals surface area contributed by atoms with Gasteiger partial charge in [0, 0.05) is 31.1 Å². The third-order valence-corrected chi connectivity index (χ3v) is 4.72. The van der Waals surface area contributed by atoms with Crippen molar-refractivity contribution in [2.75, 3.05) is 31.6 Å². The molecule has 1 amide bonds. The number of morpholine rings is 1. The summed E-state index contributed by atoms with van der Waals surface area (Å²) in [5, 5.41) is 15.2. The number of nitriles is 1. The fourth-order valence-electron chi connectivity index (χ4n) is 3.26. The summed E-state index contributed by atoms with van der Waals surface area (Å²) in [5.74, 6) is -0.157. The smallest absolute Gasteiger partial charge is 0.221 e. The number of anilines is 1. The Kier molecular flexibility index (Phi) is 7.88. The number of benzene rings is 2. The van der Waals surface area contributed by atoms with Gasteiger partial charge in [-0.25, -0.2) is 0 Å². The van der Waals surface area contributed by atoms with Gasteiger partial charge in [-0.15, -0.1) is 0 Å². The summed E-state index contributed by atoms with van der Waals surface area (Å²) in [6, 6.07) is 21.3. The van der Waals surface area contributed by atoms with Gasteiger partial charge >= 0.3 is 0 Å². The van der Waals surface area contributed by atoms with E-state index < -0.39 is 0 Å². The van der Waals surface area contributed by atoms with E-state index in [-0.39, 0.29) is 5.91 Å². The zero-order valence-corrected chi connectivity index (χ0v) is 17.8. The number of aryl methyl sites for hydroxylation is 1. The Morgan fingerprint density at radius 1 is 1.06 bits per heavy atom. The molecule has 0 bridgehead atoms. The minimum atomic E-state index is -0.157. The van der Waals surface area contributed by atoms with Crippen LogP contribution < -0.4 is 10.6 Å². The maximum atomic E-state index is 11.6. The lowest BCUT2D eigenvalue weighted by atomic mass is 9.98. The monoisotopic (exact) mass is 414 g/mol. The summed E-state index contributed by atoms with van der Waals surface area (Å²) in [6.07, 6.45) is 0. The molecule has 158 valence electrons. The SMILES string of the molecule is C1COCCN1.CC(=O)Nc1c(-c2cccc(C#N)c2)cc(-c2ccccc2)nc1C. The van der Waals surface area contributed by atoms with Crippen molar-refractivity contribution in [3.8, 4) is 28.5 Å². The van der Waals surface area contributed by atoms with Crippen LogP contribution in [0.25, 0.3) is 22.4 Å². The number of carbonyl (C=O) groups is 1. The molecule has 3 aromatic rings. The van der Waals surface area contributed by atoms with Gasteiger partial charge in [0.2, 0.25) is 5.91 Å². The summed E-state index contributed by atoms with van der Waals surface area (Å²) in [6.45, 7) is 7.18. The number of pyridine rings is 1. The molecule has 0 unspecified atom stereocenters. The molecule has 1 aliphatic rings. The first kappa shape index (κ1) is 22.2. The molecule has 0 saturated carbocycles. The van der Waals surface area contributed by atoms with E-state index in [4.69, 9.17) is 4.74 Å². The van der Waals surface area contributed by atoms with Crippen molar-refractivity contribution >= 4 is 11.6 Å². The fourth-order valence-corrected chi connectivity index (χ4v) is 3.26. The molecule has 1 aromatic heterocycles. The second-order valence-corrected chi connectivity index (χ2v) is 7.12. The highest BCUT2D eigenvalue weighted by molar-refractivity contribution is 5.96. The van der Waals surface area contributed by atoms with Crippen LogP contribution in [-0.2, 0) is 9.53 Å². The molecule has 1 aliphatic heterocycles. The second-order valence-electron chi connectivity index (χ2n) is 7.12. The van der Waals surface area contributed by atoms with Crippen molar-refractivity contribution in [2.24, 2.45) is 0 Å². The molecule has 2 aromatic carbocycles. The van der Waals surface area contributed by atoms with Crippen molar-refractivity contribution in [3.63, 3.8) is 0 Å². The predicted octanol–water partition coefficient (Wildman–Crippen LogP) is 4.16. The summed E-state index contributed by atoms with van der Waals surface area (Å²) in [5.41, 5.74) is 5.50. The number of ether oxygens (including phenoxy) is 1. The van der Waals surface area contributed by atoms with Crippen molar-refractivity contribution in [1.29, 1.82) is 5.26 Å². The van der Waals surface area contributed by atoms with Crippen molar-refractivity contribution in [2.45, 2.75) is 13.8 Å². The van der Waals surface area contributed by atoms with Crippen LogP contribution >= 0.6 is 0 Å². The fraction of sp³-hybridized carbons (Fsp3) is 0.240. The van der Waals surface area contributed by atoms with Crippen LogP contribution in [0.3, 0.4) is 0 Å². The third-order valence-electron chi connectivity index (χ3n) is 4.72. The van der Waals surface area contributed by atoms with Gasteiger partial charge in [-0.05, 0) is 30.7 Å². The number of hydrogen-bond donors (Lipinski definition) is 2. The summed E-state index contributed by atoms with van der Waals surface area (Å²) >= 11 is 0. The molecule has 31 heavy (non-hydrogen) atoms. The highest BCUT2D eigenvalue weighted by Gasteiger charge is 2.14. The average molecular weight is 415 g/mol. The van der Waals surface area contributed by atoms with Gasteiger partial charge in [0.15, 0.2) is 0 Å². The standard InChI is InChI=1S/C21H17N3O.C4H9NO/c1-14-21(24-15(2)25)19(18-10-6-7-16(11-18)13-22)12-20(23-14)17-8-4-3-5-9-17;1-3-6-4-2-5-1/h3-12H,1-2H3,(H,24,25);5H,1-4H2. The van der Waals surface area contributed by atoms with Crippen LogP contribution in [0.15, 0.2) is 60.7 Å². The molecule has 1 fully saturated rings. The molecular weight excluding hydrogens is 388 g/mol. The minimum Gasteiger partial charge on any atom is -0.379 e. The molecule has 1 saturated heterocycles. The van der Waals surface area contributed by atoms with Gasteiger partial charge in [0.05, 0.1) is 41.9 Å². The highest BCUT2D eigenvalue weighted by atomic mass is 16.5. The zero-order chi connectivity index (χ0) is 22.1. The lowest BCUT2D eigenvalue weighted by Crippen LogP contribution is -2.30. The maximum absolute atomic E-state index is 11.6. The lowest BCUT2D eigenvalue weighted by Gasteiger charge is -2.15. The number of rotatable bonds is 3. The van der Waals surface area contributed by atoms with Gasteiger partial charge in [-0.2, -0.15) is 5.26 Å². The molecule has 4 rings (SSSR count). The van der Waals surface area contributed by atoms with E-state index in [2.05, 4.69) is 21.7 Å². The Bertz CT molecular complexity index is 1060. The van der Waals surface area contributed by atoms with E-state index in [1.807, 2.05) is 61.5 Å². The molecule has 6 heteroatoms. The Balaban J connectivity index is 0.000000391. The largest absolute Gasteiger partial charge is 0.379 e. The second kappa shape index (κ2) is 11.0. The van der Waals surface area contributed by atoms with Crippen LogP contribution in [0.4, 0.5) is 5.69 Å². The zero-order valence-electron chi connectivity index (χ0n) is 17.8. The van der Waals surface area contributed by atoms with Crippen LogP contribution in [0.5, 0.6) is 0 Å². The first-order valence-electron chi connectivity index (χ1n) is 10.2. The third kappa shape index (κ3) is 6.22. The number of nitrogens with one attached hydrogen (secondary N) is 2. The molecule has 0 radical (unpaired) electrons. The van der Waals surface area contributed by atoms with Crippen molar-refractivity contribution < 1.29 is 9.53 Å². The lowest BCUT2D eigenvalue weighted by molar-refractivity contribution is -0.114. The maximum Gasteiger partial charge on any atom is 0.221 e. The van der Waals surface area contributed by atoms with Gasteiger partial charge < -0.3 is 15.4 Å². The topological polar surface area (TPSA) is 87.0 Å². The summed E-state index contributed by atoms with van der Waals surface area (Å²) in [4.78, 5) is 16.3. The van der Waals surface area contributed by atoms with Crippen LogP contribution in [0.1, 0.15) is 18.2 Å². The van der Waals surface area contributed by atoms with Gasteiger partial charge in [-0.1, -0.05) is 42.5 Å². The van der Waals surface area contributed by atoms with Crippen LogP contribution in [0, 0.1) is 18.3 Å². The Labute approximate surface area is 182 Å². The molecule has 2 heterocycles. The molecule has 0 spiro atoms. The first-order valence-corrected chi connectivity index (χ1v) is 10.2. The van der Waals surface area contributed by atoms with Crippen LogP contribution in [-0.4, -0.2) is 37.2 Å². The van der Waals surface area contributed by atoms with Crippen LogP contribution in [0.2, 0.25) is 0 Å². The highest BCUT2D eigenvalue weighted by Crippen LogP contribution is 2.34. The molecule has 0 aliphatic carbocycles. The molecule has 6 nitrogen and oxygen atoms in total. The summed E-state index contributed by atoms with van der Waals surface area (Å²) in [7, 11) is 0. The van der Waals surface area contributed by atoms with E-state index in [1.54, 1.807) is 6.07 Å². The Morgan fingerprint density at radius 3 is 2.35 bits per heavy atom. The minimum absolute atomic E-state index is 0.157. The number of carbonyl (C=O) groups excluding carboxylic acids is 1. The van der Waals surface area contributed by atoms with E-state index in [0.29, 0.717) is 11.3 Å². The Morgan fingerprint density at radius 2 is 1.77 bits per heavy atom. The van der Waals surface area contributed by atoms with Crippen molar-refractivity contribution in [1.82, 2.24) is 10.3 Å². The normalized spacial score (nSPS) is 12.8. The van der Waals surface area contributed by atoms with E-state index >= 15 is 0 Å². The first-order chi connectivity index (χ1) is 15.1. The quantitative estimate of drug-likeness (QED) is 0.672. The van der Waals surface area contributed by atoms with E-state index in [1.165, 1.54) is 6.92 Å². The van der Waals surface area contributed by atoms with Crippen molar-refractivity contribution in [3.05, 3.63) is 71.9 Å². The van der Waals surface area contributed by atoms with Gasteiger partial charge in [0.1, 0.15) is 0 Å². The van der Waals surface area contributed by atoms with E-state index in [0.717, 1.165) is 54.4 Å². The number of amides is 1. The average Bonchev–Trinajstić information content (AvgIpc) is 2.82.